The van der Waals surface area contributed by atoms with Crippen LogP contribution in [0.4, 0.5) is 38.2 Å². The summed E-state index contributed by atoms with van der Waals surface area (Å²) < 4.78 is 107. The lowest BCUT2D eigenvalue weighted by Crippen LogP contribution is -2.35. The van der Waals surface area contributed by atoms with Crippen LogP contribution in [0, 0.1) is 0 Å². The maximum Gasteiger partial charge on any atom is 0.408 e. The predicted octanol–water partition coefficient (Wildman–Crippen LogP) is 4.31. The monoisotopic (exact) mass is 418 g/mol. The Bertz CT molecular complexity index is 925. The Kier molecular flexibility index (Phi) is 4.47. The summed E-state index contributed by atoms with van der Waals surface area (Å²) in [6.45, 7) is -2.87. The van der Waals surface area contributed by atoms with Crippen molar-refractivity contribution in [2.45, 2.75) is 38.2 Å². The molecule has 0 aliphatic heterocycles. The summed E-state index contributed by atoms with van der Waals surface area (Å²) in [7, 11) is 0. The van der Waals surface area contributed by atoms with Crippen molar-refractivity contribution in [3.63, 3.8) is 0 Å². The van der Waals surface area contributed by atoms with Crippen LogP contribution in [0.2, 0.25) is 5.15 Å². The normalized spacial score (nSPS) is 17.2. The molecule has 2 rings (SSSR count). The Balaban J connectivity index is 2.56. The molecular weight excluding hydrogens is 402 g/mol. The molecular formula is C14H13ClF6N6. The number of anilines is 2. The predicted molar refractivity (Wildman–Crippen MR) is 86.3 cm³/mol. The molecule has 2 aromatic rings. The lowest BCUT2D eigenvalue weighted by atomic mass is 10.3. The highest BCUT2D eigenvalue weighted by Crippen LogP contribution is 2.26. The Labute approximate surface area is 160 Å². The van der Waals surface area contributed by atoms with E-state index in [2.05, 4.69) is 19.9 Å². The van der Waals surface area contributed by atoms with Gasteiger partial charge in [0.2, 0.25) is 11.9 Å². The lowest BCUT2D eigenvalue weighted by molar-refractivity contribution is -0.139. The standard InChI is InChI=1S/C14H13ClF6N6/c1-6(13(16,17)18)22-11-25-10(8-4-3-5-9(15)24-8)26-12(27-11)23-7(2)14(19,20)21/h3-7H,1-2H3,(H2,22,23,25,26,27)/t6-,7-/m1/s1/i1D3,5D. The number of hydrogen-bond donors (Lipinski definition) is 2. The third-order valence-electron chi connectivity index (χ3n) is 2.96. The van der Waals surface area contributed by atoms with Crippen molar-refractivity contribution >= 4 is 23.5 Å². The van der Waals surface area contributed by atoms with E-state index in [1.165, 1.54) is 0 Å². The maximum atomic E-state index is 13.2. The van der Waals surface area contributed by atoms with Gasteiger partial charge in [0.15, 0.2) is 5.82 Å². The van der Waals surface area contributed by atoms with E-state index in [1.807, 2.05) is 5.32 Å². The Hall–Kier alpha value is -2.37. The first-order chi connectivity index (χ1) is 14.0. The van der Waals surface area contributed by atoms with Gasteiger partial charge in [0.05, 0.1) is 1.37 Å². The highest BCUT2D eigenvalue weighted by Gasteiger charge is 2.38. The fraction of sp³-hybridized carbons (Fsp3) is 0.429. The van der Waals surface area contributed by atoms with Gasteiger partial charge in [-0.15, -0.1) is 0 Å². The van der Waals surface area contributed by atoms with Crippen molar-refractivity contribution in [2.75, 3.05) is 10.6 Å². The molecule has 0 bridgehead atoms. The average Bonchev–Trinajstić information content (AvgIpc) is 2.59. The van der Waals surface area contributed by atoms with E-state index in [4.69, 9.17) is 17.1 Å². The van der Waals surface area contributed by atoms with Crippen molar-refractivity contribution < 1.29 is 31.8 Å². The molecule has 2 atom stereocenters. The highest BCUT2D eigenvalue weighted by molar-refractivity contribution is 6.29. The molecule has 0 spiro atoms. The van der Waals surface area contributed by atoms with Crippen molar-refractivity contribution in [1.29, 1.82) is 0 Å². The maximum absolute atomic E-state index is 13.2. The van der Waals surface area contributed by atoms with E-state index in [9.17, 15) is 26.3 Å². The van der Waals surface area contributed by atoms with Crippen LogP contribution < -0.4 is 10.6 Å². The molecule has 0 amide bonds. The van der Waals surface area contributed by atoms with Gasteiger partial charge in [-0.25, -0.2) is 4.98 Å². The number of pyridine rings is 1. The quantitative estimate of drug-likeness (QED) is 0.556. The second kappa shape index (κ2) is 7.71. The van der Waals surface area contributed by atoms with Crippen molar-refractivity contribution in [3.05, 3.63) is 23.3 Å². The zero-order valence-electron chi connectivity index (χ0n) is 17.2. The number of alkyl halides is 6. The van der Waals surface area contributed by atoms with Crippen LogP contribution in [0.3, 0.4) is 0 Å². The zero-order valence-corrected chi connectivity index (χ0v) is 14.0. The summed E-state index contributed by atoms with van der Waals surface area (Å²) in [5.74, 6) is -2.27. The number of nitrogens with zero attached hydrogens (tertiary/aromatic N) is 4. The number of nitrogens with one attached hydrogen (secondary N) is 2. The van der Waals surface area contributed by atoms with Gasteiger partial charge in [-0.2, -0.15) is 41.3 Å². The van der Waals surface area contributed by atoms with E-state index in [0.717, 1.165) is 12.1 Å². The molecule has 0 fully saturated rings. The fourth-order valence-electron chi connectivity index (χ4n) is 1.60. The molecule has 2 heterocycles. The average molecular weight is 419 g/mol. The number of hydrogen-bond acceptors (Lipinski definition) is 6. The lowest BCUT2D eigenvalue weighted by Gasteiger charge is -2.20. The Morgan fingerprint density at radius 3 is 2.04 bits per heavy atom. The first-order valence-corrected chi connectivity index (χ1v) is 7.42. The third-order valence-corrected chi connectivity index (χ3v) is 3.16. The van der Waals surface area contributed by atoms with Gasteiger partial charge >= 0.3 is 12.4 Å². The minimum absolute atomic E-state index is 0.202. The topological polar surface area (TPSA) is 75.6 Å². The SMILES string of the molecule is [2H]c1ccc(-c2nc(N[C@H](C([2H])([2H])[2H])C(F)(F)F)nc(N[C@H](C)C(F)(F)F)n2)nc1Cl. The third kappa shape index (κ3) is 5.81. The molecule has 2 aromatic heterocycles. The summed E-state index contributed by atoms with van der Waals surface area (Å²) in [5, 5.41) is 3.11. The van der Waals surface area contributed by atoms with Crippen LogP contribution in [0.25, 0.3) is 11.5 Å². The van der Waals surface area contributed by atoms with Crippen molar-refractivity contribution in [1.82, 2.24) is 19.9 Å². The van der Waals surface area contributed by atoms with Gasteiger partial charge < -0.3 is 10.6 Å². The molecule has 6 nitrogen and oxygen atoms in total. The molecule has 0 radical (unpaired) electrons. The smallest absolute Gasteiger partial charge is 0.343 e. The minimum atomic E-state index is -5.26. The van der Waals surface area contributed by atoms with E-state index in [-0.39, 0.29) is 16.9 Å². The van der Waals surface area contributed by atoms with E-state index in [1.54, 1.807) is 5.32 Å². The first kappa shape index (κ1) is 15.7. The van der Waals surface area contributed by atoms with Crippen LogP contribution in [-0.2, 0) is 0 Å². The minimum Gasteiger partial charge on any atom is -0.343 e. The highest BCUT2D eigenvalue weighted by atomic mass is 35.5. The van der Waals surface area contributed by atoms with Crippen LogP contribution in [0.5, 0.6) is 0 Å². The van der Waals surface area contributed by atoms with Gasteiger partial charge in [0.1, 0.15) is 22.9 Å². The summed E-state index contributed by atoms with van der Waals surface area (Å²) in [5.41, 5.74) is -0.202. The molecule has 2 N–H and O–H groups in total. The summed E-state index contributed by atoms with van der Waals surface area (Å²) in [6.07, 6.45) is -10.0. The number of aromatic nitrogens is 4. The Morgan fingerprint density at radius 1 is 1.00 bits per heavy atom. The van der Waals surface area contributed by atoms with Gasteiger partial charge in [-0.3, -0.25) is 0 Å². The molecule has 27 heavy (non-hydrogen) atoms. The molecule has 0 saturated carbocycles. The van der Waals surface area contributed by atoms with Crippen LogP contribution in [0.1, 0.15) is 19.3 Å². The van der Waals surface area contributed by atoms with E-state index < -0.39 is 49.0 Å². The number of halogens is 7. The van der Waals surface area contributed by atoms with Gasteiger partial charge in [0.25, 0.3) is 0 Å². The second-order valence-electron chi connectivity index (χ2n) is 5.10. The Morgan fingerprint density at radius 2 is 1.56 bits per heavy atom. The summed E-state index contributed by atoms with van der Waals surface area (Å²) >= 11 is 5.72. The van der Waals surface area contributed by atoms with E-state index in [0.29, 0.717) is 6.92 Å². The first-order valence-electron chi connectivity index (χ1n) is 9.04. The molecule has 0 aromatic carbocycles. The molecule has 0 aliphatic rings. The van der Waals surface area contributed by atoms with Crippen LogP contribution in [0.15, 0.2) is 18.2 Å². The van der Waals surface area contributed by atoms with Gasteiger partial charge in [-0.1, -0.05) is 17.7 Å². The fourth-order valence-corrected chi connectivity index (χ4v) is 1.75. The van der Waals surface area contributed by atoms with Gasteiger partial charge in [0, 0.05) is 4.11 Å². The molecule has 13 heteroatoms. The molecule has 0 aliphatic carbocycles. The zero-order chi connectivity index (χ0) is 23.8. The summed E-state index contributed by atoms with van der Waals surface area (Å²) in [4.78, 5) is 14.5. The van der Waals surface area contributed by atoms with Crippen LogP contribution >= 0.6 is 11.6 Å². The summed E-state index contributed by atoms with van der Waals surface area (Å²) in [6, 6.07) is -3.23. The molecule has 0 saturated heterocycles. The van der Waals surface area contributed by atoms with Crippen LogP contribution in [-0.4, -0.2) is 44.4 Å². The second-order valence-corrected chi connectivity index (χ2v) is 5.46. The molecule has 0 unspecified atom stereocenters. The van der Waals surface area contributed by atoms with E-state index >= 15 is 0 Å². The number of rotatable bonds is 5. The van der Waals surface area contributed by atoms with Crippen molar-refractivity contribution in [2.24, 2.45) is 0 Å². The largest absolute Gasteiger partial charge is 0.408 e. The molecule has 148 valence electrons. The van der Waals surface area contributed by atoms with Crippen molar-refractivity contribution in [3.8, 4) is 11.5 Å². The van der Waals surface area contributed by atoms with Gasteiger partial charge in [-0.05, 0) is 25.9 Å².